The molecule has 182 valence electrons. The first-order valence-electron chi connectivity index (χ1n) is 11.4. The largest absolute Gasteiger partial charge is 0.495 e. The summed E-state index contributed by atoms with van der Waals surface area (Å²) in [6.45, 7) is 8.12. The average Bonchev–Trinajstić information content (AvgIpc) is 3.38. The van der Waals surface area contributed by atoms with Gasteiger partial charge < -0.3 is 19.5 Å². The van der Waals surface area contributed by atoms with Crippen LogP contribution in [0.2, 0.25) is 0 Å². The summed E-state index contributed by atoms with van der Waals surface area (Å²) < 4.78 is 10.8. The van der Waals surface area contributed by atoms with Gasteiger partial charge >= 0.3 is 0 Å². The van der Waals surface area contributed by atoms with E-state index in [2.05, 4.69) is 21.5 Å². The van der Waals surface area contributed by atoms with Crippen molar-refractivity contribution in [2.24, 2.45) is 0 Å². The maximum atomic E-state index is 13.8. The number of methoxy groups -OCH3 is 1. The molecule has 1 aromatic carbocycles. The molecule has 3 heterocycles. The molecule has 0 aliphatic heterocycles. The molecule has 0 bridgehead atoms. The topological polar surface area (TPSA) is 97.6 Å². The van der Waals surface area contributed by atoms with E-state index in [9.17, 15) is 9.59 Å². The summed E-state index contributed by atoms with van der Waals surface area (Å²) in [4.78, 5) is 35.2. The van der Waals surface area contributed by atoms with Gasteiger partial charge in [0.1, 0.15) is 12.3 Å². The lowest BCUT2D eigenvalue weighted by Gasteiger charge is -2.22. The Bertz CT molecular complexity index is 1390. The van der Waals surface area contributed by atoms with E-state index in [0.717, 1.165) is 15.3 Å². The summed E-state index contributed by atoms with van der Waals surface area (Å²) in [5.41, 5.74) is 3.46. The van der Waals surface area contributed by atoms with Gasteiger partial charge in [0.15, 0.2) is 0 Å². The number of fused-ring (bicyclic) bond motifs is 1. The third kappa shape index (κ3) is 5.05. The number of hydrogen-bond acceptors (Lipinski definition) is 7. The number of anilines is 1. The Morgan fingerprint density at radius 1 is 1.17 bits per heavy atom. The maximum absolute atomic E-state index is 13.8. The third-order valence-corrected chi connectivity index (χ3v) is 6.63. The number of hydrogen-bond donors (Lipinski definition) is 1. The SMILES string of the molecule is CCCN(CC(=O)Nc1ccccc1OC)C(=O)c1cc(-c2cc(C)sc2C)nc2onc(C)c12. The number of nitrogens with zero attached hydrogens (tertiary/aromatic N) is 3. The molecule has 0 saturated heterocycles. The first kappa shape index (κ1) is 24.4. The number of amides is 2. The van der Waals surface area contributed by atoms with Crippen molar-refractivity contribution in [3.8, 4) is 17.0 Å². The molecule has 0 spiro atoms. The molecule has 0 aliphatic rings. The number of ether oxygens (including phenoxy) is 1. The molecule has 4 aromatic rings. The van der Waals surface area contributed by atoms with Gasteiger partial charge in [0, 0.05) is 21.9 Å². The maximum Gasteiger partial charge on any atom is 0.259 e. The van der Waals surface area contributed by atoms with Crippen LogP contribution in [0.4, 0.5) is 5.69 Å². The van der Waals surface area contributed by atoms with E-state index in [4.69, 9.17) is 9.26 Å². The van der Waals surface area contributed by atoms with E-state index < -0.39 is 0 Å². The second-order valence-corrected chi connectivity index (χ2v) is 9.77. The van der Waals surface area contributed by atoms with Crippen molar-refractivity contribution >= 4 is 39.9 Å². The van der Waals surface area contributed by atoms with Crippen LogP contribution in [0.15, 0.2) is 40.9 Å². The van der Waals surface area contributed by atoms with Crippen molar-refractivity contribution in [3.63, 3.8) is 0 Å². The number of pyridine rings is 1. The van der Waals surface area contributed by atoms with Crippen molar-refractivity contribution < 1.29 is 18.8 Å². The van der Waals surface area contributed by atoms with E-state index in [-0.39, 0.29) is 18.4 Å². The van der Waals surface area contributed by atoms with Gasteiger partial charge in [-0.2, -0.15) is 0 Å². The van der Waals surface area contributed by atoms with E-state index >= 15 is 0 Å². The Morgan fingerprint density at radius 2 is 1.94 bits per heavy atom. The molecule has 2 amide bonds. The Balaban J connectivity index is 1.69. The fraction of sp³-hybridized carbons (Fsp3) is 0.308. The van der Waals surface area contributed by atoms with Gasteiger partial charge in [-0.3, -0.25) is 9.59 Å². The summed E-state index contributed by atoms with van der Waals surface area (Å²) >= 11 is 1.67. The van der Waals surface area contributed by atoms with Crippen LogP contribution in [-0.2, 0) is 4.79 Å². The molecular weight excluding hydrogens is 464 g/mol. The number of aromatic nitrogens is 2. The lowest BCUT2D eigenvalue weighted by molar-refractivity contribution is -0.116. The summed E-state index contributed by atoms with van der Waals surface area (Å²) in [5, 5.41) is 7.46. The highest BCUT2D eigenvalue weighted by molar-refractivity contribution is 7.12. The Morgan fingerprint density at radius 3 is 2.63 bits per heavy atom. The zero-order valence-corrected chi connectivity index (χ0v) is 21.3. The molecule has 1 N–H and O–H groups in total. The molecule has 0 radical (unpaired) electrons. The minimum Gasteiger partial charge on any atom is -0.495 e. The van der Waals surface area contributed by atoms with Gasteiger partial charge in [0.05, 0.1) is 35.1 Å². The van der Waals surface area contributed by atoms with Crippen LogP contribution in [0, 0.1) is 20.8 Å². The lowest BCUT2D eigenvalue weighted by Crippen LogP contribution is -2.38. The normalized spacial score (nSPS) is 11.0. The van der Waals surface area contributed by atoms with Crippen LogP contribution in [-0.4, -0.2) is 47.1 Å². The van der Waals surface area contributed by atoms with Gasteiger partial charge in [-0.15, -0.1) is 11.3 Å². The number of thiophene rings is 1. The molecule has 0 unspecified atom stereocenters. The summed E-state index contributed by atoms with van der Waals surface area (Å²) in [6.07, 6.45) is 0.695. The lowest BCUT2D eigenvalue weighted by atomic mass is 10.0. The van der Waals surface area contributed by atoms with Crippen LogP contribution < -0.4 is 10.1 Å². The molecule has 4 rings (SSSR count). The molecule has 9 heteroatoms. The highest BCUT2D eigenvalue weighted by Gasteiger charge is 2.25. The highest BCUT2D eigenvalue weighted by atomic mass is 32.1. The number of aryl methyl sites for hydroxylation is 3. The quantitative estimate of drug-likeness (QED) is 0.355. The fourth-order valence-corrected chi connectivity index (χ4v) is 5.02. The number of carbonyl (C=O) groups excluding carboxylic acids is 2. The summed E-state index contributed by atoms with van der Waals surface area (Å²) in [5.74, 6) is -0.0315. The van der Waals surface area contributed by atoms with E-state index in [1.165, 1.54) is 0 Å². The molecule has 0 aliphatic carbocycles. The van der Waals surface area contributed by atoms with Crippen molar-refractivity contribution in [2.45, 2.75) is 34.1 Å². The first-order valence-corrected chi connectivity index (χ1v) is 12.2. The number of benzene rings is 1. The van der Waals surface area contributed by atoms with Gasteiger partial charge in [-0.1, -0.05) is 24.2 Å². The van der Waals surface area contributed by atoms with Gasteiger partial charge in [-0.25, -0.2) is 4.98 Å². The second-order valence-electron chi connectivity index (χ2n) is 8.31. The van der Waals surface area contributed by atoms with Gasteiger partial charge in [-0.05, 0) is 51.5 Å². The van der Waals surface area contributed by atoms with Crippen LogP contribution in [0.3, 0.4) is 0 Å². The average molecular weight is 493 g/mol. The fourth-order valence-electron chi connectivity index (χ4n) is 4.09. The predicted octanol–water partition coefficient (Wildman–Crippen LogP) is 5.38. The van der Waals surface area contributed by atoms with E-state index in [1.54, 1.807) is 48.5 Å². The van der Waals surface area contributed by atoms with Gasteiger partial charge in [0.25, 0.3) is 11.6 Å². The van der Waals surface area contributed by atoms with Crippen LogP contribution in [0.5, 0.6) is 5.75 Å². The minimum absolute atomic E-state index is 0.106. The standard InChI is InChI=1S/C26H28N4O4S/c1-6-11-30(14-23(31)27-20-9-7-8-10-22(20)33-5)26(32)19-13-21(18-12-15(2)35-17(18)4)28-25-24(19)16(3)29-34-25/h7-10,12-13H,6,11,14H2,1-5H3,(H,27,31). The zero-order chi connectivity index (χ0) is 25.1. The Labute approximate surface area is 207 Å². The minimum atomic E-state index is -0.312. The van der Waals surface area contributed by atoms with Crippen LogP contribution in [0.25, 0.3) is 22.4 Å². The number of rotatable bonds is 8. The van der Waals surface area contributed by atoms with Crippen molar-refractivity contribution in [1.82, 2.24) is 15.0 Å². The van der Waals surface area contributed by atoms with Crippen molar-refractivity contribution in [2.75, 3.05) is 25.5 Å². The van der Waals surface area contributed by atoms with Crippen LogP contribution >= 0.6 is 11.3 Å². The molecule has 0 atom stereocenters. The number of para-hydroxylation sites is 2. The highest BCUT2D eigenvalue weighted by Crippen LogP contribution is 2.33. The van der Waals surface area contributed by atoms with Gasteiger partial charge in [0.2, 0.25) is 5.91 Å². The smallest absolute Gasteiger partial charge is 0.259 e. The Hall–Kier alpha value is -3.72. The second kappa shape index (κ2) is 10.3. The Kier molecular flexibility index (Phi) is 7.16. The van der Waals surface area contributed by atoms with E-state index in [0.29, 0.717) is 52.5 Å². The number of nitrogens with one attached hydrogen (secondary N) is 1. The predicted molar refractivity (Wildman–Crippen MR) is 137 cm³/mol. The first-order chi connectivity index (χ1) is 16.8. The summed E-state index contributed by atoms with van der Waals surface area (Å²) in [6, 6.07) is 11.0. The molecule has 35 heavy (non-hydrogen) atoms. The molecule has 0 fully saturated rings. The third-order valence-electron chi connectivity index (χ3n) is 5.66. The van der Waals surface area contributed by atoms with Crippen molar-refractivity contribution in [3.05, 3.63) is 57.4 Å². The summed E-state index contributed by atoms with van der Waals surface area (Å²) in [7, 11) is 1.54. The van der Waals surface area contributed by atoms with E-state index in [1.807, 2.05) is 32.9 Å². The number of carbonyl (C=O) groups is 2. The van der Waals surface area contributed by atoms with Crippen molar-refractivity contribution in [1.29, 1.82) is 0 Å². The monoisotopic (exact) mass is 492 g/mol. The molecular formula is C26H28N4O4S. The van der Waals surface area contributed by atoms with Crippen LogP contribution in [0.1, 0.15) is 39.2 Å². The zero-order valence-electron chi connectivity index (χ0n) is 20.5. The molecule has 0 saturated carbocycles. The molecule has 3 aromatic heterocycles. The molecule has 8 nitrogen and oxygen atoms in total.